The zero-order chi connectivity index (χ0) is 10.3. The summed E-state index contributed by atoms with van der Waals surface area (Å²) in [5, 5.41) is 10.4. The smallest absolute Gasteiger partial charge is 0.261 e. The number of halogens is 1. The Morgan fingerprint density at radius 2 is 2.00 bits per heavy atom. The molecule has 0 unspecified atom stereocenters. The molecule has 0 fully saturated rings. The topological polar surface area (TPSA) is 70.0 Å². The average molecular weight is 190 g/mol. The maximum Gasteiger partial charge on any atom is 0.261 e. The van der Waals surface area contributed by atoms with Crippen LogP contribution in [-0.2, 0) is 0 Å². The van der Waals surface area contributed by atoms with E-state index in [4.69, 9.17) is 5.26 Å². The van der Waals surface area contributed by atoms with Gasteiger partial charge in [0.15, 0.2) is 5.82 Å². The molecule has 1 aromatic carbocycles. The van der Waals surface area contributed by atoms with E-state index in [9.17, 15) is 14.0 Å². The summed E-state index contributed by atoms with van der Waals surface area (Å²) in [6, 6.07) is 4.03. The van der Waals surface area contributed by atoms with Crippen LogP contribution < -0.4 is 5.32 Å². The van der Waals surface area contributed by atoms with E-state index >= 15 is 0 Å². The SMILES string of the molecule is N#Cc1ccc2c(c1F)C(=O)NC2=O. The van der Waals surface area contributed by atoms with E-state index < -0.39 is 17.6 Å². The summed E-state index contributed by atoms with van der Waals surface area (Å²) < 4.78 is 13.4. The molecule has 1 N–H and O–H groups in total. The van der Waals surface area contributed by atoms with Crippen molar-refractivity contribution in [3.05, 3.63) is 34.6 Å². The first-order chi connectivity index (χ1) is 6.65. The number of fused-ring (bicyclic) bond motifs is 1. The summed E-state index contributed by atoms with van der Waals surface area (Å²) in [5.41, 5.74) is -0.603. The molecule has 5 heteroatoms. The number of rotatable bonds is 0. The number of carbonyl (C=O) groups is 2. The number of carbonyl (C=O) groups excluding carboxylic acids is 2. The number of nitrogens with one attached hydrogen (secondary N) is 1. The maximum absolute atomic E-state index is 13.4. The van der Waals surface area contributed by atoms with Gasteiger partial charge in [0, 0.05) is 0 Å². The third kappa shape index (κ3) is 0.910. The Morgan fingerprint density at radius 1 is 1.29 bits per heavy atom. The van der Waals surface area contributed by atoms with Gasteiger partial charge in [-0.2, -0.15) is 5.26 Å². The van der Waals surface area contributed by atoms with Gasteiger partial charge in [0.05, 0.1) is 16.7 Å². The molecule has 0 saturated heterocycles. The Balaban J connectivity index is 2.78. The standard InChI is InChI=1S/C9H3FN2O2/c10-7-4(3-11)1-2-5-6(7)9(14)12-8(5)13/h1-2H,(H,12,13,14). The van der Waals surface area contributed by atoms with Gasteiger partial charge in [0.1, 0.15) is 6.07 Å². The predicted molar refractivity (Wildman–Crippen MR) is 42.9 cm³/mol. The third-order valence-corrected chi connectivity index (χ3v) is 1.96. The molecule has 0 bridgehead atoms. The zero-order valence-electron chi connectivity index (χ0n) is 6.80. The highest BCUT2D eigenvalue weighted by molar-refractivity contribution is 6.21. The first kappa shape index (κ1) is 8.38. The molecule has 0 aromatic heterocycles. The lowest BCUT2D eigenvalue weighted by atomic mass is 10.1. The number of hydrogen-bond donors (Lipinski definition) is 1. The summed E-state index contributed by atoms with van der Waals surface area (Å²) in [6.45, 7) is 0. The van der Waals surface area contributed by atoms with E-state index in [-0.39, 0.29) is 16.7 Å². The highest BCUT2D eigenvalue weighted by atomic mass is 19.1. The van der Waals surface area contributed by atoms with Crippen molar-refractivity contribution in [2.45, 2.75) is 0 Å². The highest BCUT2D eigenvalue weighted by Gasteiger charge is 2.31. The van der Waals surface area contributed by atoms with Gasteiger partial charge in [-0.1, -0.05) is 0 Å². The highest BCUT2D eigenvalue weighted by Crippen LogP contribution is 2.21. The second kappa shape index (κ2) is 2.64. The lowest BCUT2D eigenvalue weighted by Crippen LogP contribution is -2.20. The number of nitriles is 1. The third-order valence-electron chi connectivity index (χ3n) is 1.96. The maximum atomic E-state index is 13.4. The zero-order valence-corrected chi connectivity index (χ0v) is 6.80. The minimum Gasteiger partial charge on any atom is -0.288 e. The van der Waals surface area contributed by atoms with Crippen molar-refractivity contribution in [3.8, 4) is 6.07 Å². The fraction of sp³-hybridized carbons (Fsp3) is 0. The van der Waals surface area contributed by atoms with Gasteiger partial charge in [-0.15, -0.1) is 0 Å². The Kier molecular flexibility index (Phi) is 1.58. The number of benzene rings is 1. The lowest BCUT2D eigenvalue weighted by molar-refractivity contribution is 0.0878. The monoisotopic (exact) mass is 190 g/mol. The van der Waals surface area contributed by atoms with E-state index in [1.54, 1.807) is 6.07 Å². The molecule has 14 heavy (non-hydrogen) atoms. The first-order valence-electron chi connectivity index (χ1n) is 3.73. The Labute approximate surface area is 78.0 Å². The number of imide groups is 1. The quantitative estimate of drug-likeness (QED) is 0.608. The van der Waals surface area contributed by atoms with Gasteiger partial charge in [0.25, 0.3) is 11.8 Å². The van der Waals surface area contributed by atoms with Gasteiger partial charge in [-0.25, -0.2) is 4.39 Å². The van der Waals surface area contributed by atoms with Gasteiger partial charge in [0.2, 0.25) is 0 Å². The molecule has 0 radical (unpaired) electrons. The summed E-state index contributed by atoms with van der Waals surface area (Å²) in [4.78, 5) is 22.1. The van der Waals surface area contributed by atoms with Crippen molar-refractivity contribution < 1.29 is 14.0 Å². The van der Waals surface area contributed by atoms with E-state index in [0.717, 1.165) is 0 Å². The number of hydrogen-bond acceptors (Lipinski definition) is 3. The summed E-state index contributed by atoms with van der Waals surface area (Å²) >= 11 is 0. The minimum atomic E-state index is -0.937. The molecule has 4 nitrogen and oxygen atoms in total. The molecular formula is C9H3FN2O2. The molecular weight excluding hydrogens is 187 g/mol. The average Bonchev–Trinajstić information content (AvgIpc) is 2.44. The van der Waals surface area contributed by atoms with Gasteiger partial charge >= 0.3 is 0 Å². The van der Waals surface area contributed by atoms with Gasteiger partial charge in [-0.3, -0.25) is 14.9 Å². The van der Waals surface area contributed by atoms with Crippen LogP contribution in [0.25, 0.3) is 0 Å². The van der Waals surface area contributed by atoms with E-state index in [1.807, 2.05) is 5.32 Å². The summed E-state index contributed by atoms with van der Waals surface area (Å²) in [6.07, 6.45) is 0. The van der Waals surface area contributed by atoms with Crippen molar-refractivity contribution in [2.75, 3.05) is 0 Å². The van der Waals surface area contributed by atoms with Crippen LogP contribution in [0.3, 0.4) is 0 Å². The van der Waals surface area contributed by atoms with Crippen LogP contribution in [-0.4, -0.2) is 11.8 Å². The van der Waals surface area contributed by atoms with E-state index in [0.29, 0.717) is 0 Å². The molecule has 2 rings (SSSR count). The predicted octanol–water partition coefficient (Wildman–Crippen LogP) is 0.581. The number of amides is 2. The fourth-order valence-corrected chi connectivity index (χ4v) is 1.31. The van der Waals surface area contributed by atoms with E-state index in [2.05, 4.69) is 0 Å². The molecule has 0 atom stereocenters. The van der Waals surface area contributed by atoms with Gasteiger partial charge < -0.3 is 0 Å². The van der Waals surface area contributed by atoms with Crippen molar-refractivity contribution in [3.63, 3.8) is 0 Å². The van der Waals surface area contributed by atoms with Crippen LogP contribution in [0.4, 0.5) is 4.39 Å². The largest absolute Gasteiger partial charge is 0.288 e. The molecule has 0 aliphatic carbocycles. The minimum absolute atomic E-state index is 0.0218. The molecule has 0 saturated carbocycles. The first-order valence-corrected chi connectivity index (χ1v) is 3.73. The fourth-order valence-electron chi connectivity index (χ4n) is 1.31. The van der Waals surface area contributed by atoms with Crippen molar-refractivity contribution in [1.29, 1.82) is 5.26 Å². The van der Waals surface area contributed by atoms with Crippen LogP contribution in [0.15, 0.2) is 12.1 Å². The van der Waals surface area contributed by atoms with Crippen LogP contribution in [0.5, 0.6) is 0 Å². The normalized spacial score (nSPS) is 13.4. The summed E-state index contributed by atoms with van der Waals surface area (Å²) in [7, 11) is 0. The molecule has 0 spiro atoms. The van der Waals surface area contributed by atoms with Crippen molar-refractivity contribution in [2.24, 2.45) is 0 Å². The van der Waals surface area contributed by atoms with Crippen LogP contribution >= 0.6 is 0 Å². The Morgan fingerprint density at radius 3 is 2.64 bits per heavy atom. The summed E-state index contributed by atoms with van der Waals surface area (Å²) in [5.74, 6) is -2.36. The second-order valence-electron chi connectivity index (χ2n) is 2.74. The Hall–Kier alpha value is -2.22. The van der Waals surface area contributed by atoms with E-state index in [1.165, 1.54) is 12.1 Å². The molecule has 1 heterocycles. The molecule has 2 amide bonds. The molecule has 1 aromatic rings. The molecule has 1 aliphatic rings. The lowest BCUT2D eigenvalue weighted by Gasteiger charge is -1.97. The second-order valence-corrected chi connectivity index (χ2v) is 2.74. The van der Waals surface area contributed by atoms with Crippen molar-refractivity contribution >= 4 is 11.8 Å². The van der Waals surface area contributed by atoms with Gasteiger partial charge in [-0.05, 0) is 12.1 Å². The Bertz CT molecular complexity index is 502. The van der Waals surface area contributed by atoms with Crippen LogP contribution in [0, 0.1) is 17.1 Å². The van der Waals surface area contributed by atoms with Crippen LogP contribution in [0.2, 0.25) is 0 Å². The number of nitrogens with zero attached hydrogens (tertiary/aromatic N) is 1. The molecule has 1 aliphatic heterocycles. The molecule has 68 valence electrons. The van der Waals surface area contributed by atoms with Crippen LogP contribution in [0.1, 0.15) is 26.3 Å². The van der Waals surface area contributed by atoms with Crippen molar-refractivity contribution in [1.82, 2.24) is 5.32 Å².